The second-order valence-corrected chi connectivity index (χ2v) is 3.75. The van der Waals surface area contributed by atoms with Crippen LogP contribution in [-0.2, 0) is 0 Å². The van der Waals surface area contributed by atoms with Gasteiger partial charge in [-0.2, -0.15) is 0 Å². The average molecular weight is 160 g/mol. The van der Waals surface area contributed by atoms with Gasteiger partial charge in [-0.3, -0.25) is 0 Å². The van der Waals surface area contributed by atoms with Crippen LogP contribution in [0.5, 0.6) is 0 Å². The number of rotatable bonds is 1. The molecule has 0 nitrogen and oxygen atoms in total. The molecule has 0 unspecified atom stereocenters. The number of hydrogen-bond acceptors (Lipinski definition) is 0. The van der Waals surface area contributed by atoms with Crippen molar-refractivity contribution in [2.75, 3.05) is 0 Å². The summed E-state index contributed by atoms with van der Waals surface area (Å²) in [7, 11) is 0. The van der Waals surface area contributed by atoms with E-state index in [1.54, 1.807) is 5.57 Å². The minimum atomic E-state index is 0.699. The lowest BCUT2D eigenvalue weighted by atomic mass is 9.74. The lowest BCUT2D eigenvalue weighted by molar-refractivity contribution is 0.453. The van der Waals surface area contributed by atoms with Crippen LogP contribution in [0, 0.1) is 11.8 Å². The van der Waals surface area contributed by atoms with E-state index in [1.165, 1.54) is 25.7 Å². The summed E-state index contributed by atoms with van der Waals surface area (Å²) in [4.78, 5) is 0. The average Bonchev–Trinajstić information content (AvgIpc) is 2.17. The maximum absolute atomic E-state index is 3.91. The zero-order chi connectivity index (χ0) is 8.39. The molecule has 0 aromatic carbocycles. The van der Waals surface area contributed by atoms with E-state index in [4.69, 9.17) is 0 Å². The number of fused-ring (bicyclic) bond motifs is 1. The maximum atomic E-state index is 3.91. The third kappa shape index (κ3) is 1.26. The summed E-state index contributed by atoms with van der Waals surface area (Å²) in [6.45, 7) is 3.91. The minimum Gasteiger partial charge on any atom is -0.103 e. The van der Waals surface area contributed by atoms with Gasteiger partial charge in [0.2, 0.25) is 0 Å². The Kier molecular flexibility index (Phi) is 2.16. The zero-order valence-electron chi connectivity index (χ0n) is 7.50. The van der Waals surface area contributed by atoms with Crippen LogP contribution in [-0.4, -0.2) is 0 Å². The van der Waals surface area contributed by atoms with Crippen LogP contribution in [0.2, 0.25) is 0 Å². The second-order valence-electron chi connectivity index (χ2n) is 3.75. The highest BCUT2D eigenvalue weighted by molar-refractivity contribution is 5.23. The SMILES string of the molecule is C=C[C@@H]1CCC=C2CCC=C[C@@H]21. The van der Waals surface area contributed by atoms with Crippen molar-refractivity contribution in [1.29, 1.82) is 0 Å². The smallest absolute Gasteiger partial charge is 0.00397 e. The molecule has 0 N–H and O–H groups in total. The molecule has 2 atom stereocenters. The summed E-state index contributed by atoms with van der Waals surface area (Å²) < 4.78 is 0. The molecule has 2 rings (SSSR count). The van der Waals surface area contributed by atoms with E-state index < -0.39 is 0 Å². The highest BCUT2D eigenvalue weighted by Crippen LogP contribution is 2.37. The van der Waals surface area contributed by atoms with Gasteiger partial charge in [0.05, 0.1) is 0 Å². The predicted molar refractivity (Wildman–Crippen MR) is 52.9 cm³/mol. The van der Waals surface area contributed by atoms with E-state index in [0.29, 0.717) is 11.8 Å². The first-order valence-electron chi connectivity index (χ1n) is 4.90. The van der Waals surface area contributed by atoms with Gasteiger partial charge in [0, 0.05) is 5.92 Å². The van der Waals surface area contributed by atoms with E-state index in [1.807, 2.05) is 0 Å². The van der Waals surface area contributed by atoms with E-state index in [0.717, 1.165) is 0 Å². The third-order valence-corrected chi connectivity index (χ3v) is 3.04. The van der Waals surface area contributed by atoms with Crippen molar-refractivity contribution in [3.05, 3.63) is 36.5 Å². The Balaban J connectivity index is 2.24. The molecule has 0 bridgehead atoms. The molecule has 0 radical (unpaired) electrons. The first-order chi connectivity index (χ1) is 5.92. The van der Waals surface area contributed by atoms with E-state index in [-0.39, 0.29) is 0 Å². The summed E-state index contributed by atoms with van der Waals surface area (Å²) in [5, 5.41) is 0. The van der Waals surface area contributed by atoms with Crippen molar-refractivity contribution in [2.24, 2.45) is 11.8 Å². The first-order valence-corrected chi connectivity index (χ1v) is 4.90. The van der Waals surface area contributed by atoms with Crippen LogP contribution in [0.1, 0.15) is 25.7 Å². The molecule has 0 amide bonds. The summed E-state index contributed by atoms with van der Waals surface area (Å²) in [5.41, 5.74) is 1.66. The van der Waals surface area contributed by atoms with Crippen molar-refractivity contribution < 1.29 is 0 Å². The summed E-state index contributed by atoms with van der Waals surface area (Å²) in [6.07, 6.45) is 14.3. The molecule has 0 aromatic heterocycles. The van der Waals surface area contributed by atoms with Crippen molar-refractivity contribution in [3.8, 4) is 0 Å². The highest BCUT2D eigenvalue weighted by Gasteiger charge is 2.24. The van der Waals surface area contributed by atoms with Gasteiger partial charge in [-0.05, 0) is 31.6 Å². The molecular formula is C12H16. The van der Waals surface area contributed by atoms with Gasteiger partial charge in [0.15, 0.2) is 0 Å². The van der Waals surface area contributed by atoms with Gasteiger partial charge in [0.1, 0.15) is 0 Å². The number of allylic oxidation sites excluding steroid dienone is 5. The fourth-order valence-electron chi connectivity index (χ4n) is 2.34. The fraction of sp³-hybridized carbons (Fsp3) is 0.500. The minimum absolute atomic E-state index is 0.699. The second kappa shape index (κ2) is 3.30. The molecule has 0 spiro atoms. The van der Waals surface area contributed by atoms with Crippen LogP contribution in [0.4, 0.5) is 0 Å². The Morgan fingerprint density at radius 2 is 2.33 bits per heavy atom. The van der Waals surface area contributed by atoms with Gasteiger partial charge >= 0.3 is 0 Å². The van der Waals surface area contributed by atoms with Gasteiger partial charge in [-0.25, -0.2) is 0 Å². The van der Waals surface area contributed by atoms with E-state index in [9.17, 15) is 0 Å². The molecule has 2 aliphatic rings. The highest BCUT2D eigenvalue weighted by atomic mass is 14.3. The Labute approximate surface area is 74.7 Å². The normalized spacial score (nSPS) is 33.8. The van der Waals surface area contributed by atoms with Crippen LogP contribution in [0.3, 0.4) is 0 Å². The zero-order valence-corrected chi connectivity index (χ0v) is 7.50. The topological polar surface area (TPSA) is 0 Å². The molecule has 2 aliphatic carbocycles. The van der Waals surface area contributed by atoms with Crippen molar-refractivity contribution in [2.45, 2.75) is 25.7 Å². The Bertz CT molecular complexity index is 232. The summed E-state index contributed by atoms with van der Waals surface area (Å²) in [5.74, 6) is 1.41. The maximum Gasteiger partial charge on any atom is 0.00397 e. The fourth-order valence-corrected chi connectivity index (χ4v) is 2.34. The van der Waals surface area contributed by atoms with Gasteiger partial charge in [0.25, 0.3) is 0 Å². The molecule has 0 aliphatic heterocycles. The first kappa shape index (κ1) is 7.85. The lowest BCUT2D eigenvalue weighted by Crippen LogP contribution is -2.18. The Hall–Kier alpha value is -0.780. The summed E-state index contributed by atoms with van der Waals surface area (Å²) in [6, 6.07) is 0. The quantitative estimate of drug-likeness (QED) is 0.515. The molecule has 12 heavy (non-hydrogen) atoms. The van der Waals surface area contributed by atoms with Crippen LogP contribution in [0.25, 0.3) is 0 Å². The largest absolute Gasteiger partial charge is 0.103 e. The van der Waals surface area contributed by atoms with Crippen molar-refractivity contribution in [1.82, 2.24) is 0 Å². The molecule has 0 saturated carbocycles. The molecule has 0 heteroatoms. The third-order valence-electron chi connectivity index (χ3n) is 3.04. The predicted octanol–water partition coefficient (Wildman–Crippen LogP) is 3.48. The Morgan fingerprint density at radius 1 is 1.42 bits per heavy atom. The van der Waals surface area contributed by atoms with Crippen LogP contribution < -0.4 is 0 Å². The van der Waals surface area contributed by atoms with Crippen LogP contribution in [0.15, 0.2) is 36.5 Å². The van der Waals surface area contributed by atoms with Gasteiger partial charge < -0.3 is 0 Å². The summed E-state index contributed by atoms with van der Waals surface area (Å²) >= 11 is 0. The molecule has 0 fully saturated rings. The molecular weight excluding hydrogens is 144 g/mol. The van der Waals surface area contributed by atoms with Gasteiger partial charge in [-0.15, -0.1) is 6.58 Å². The van der Waals surface area contributed by atoms with Crippen molar-refractivity contribution in [3.63, 3.8) is 0 Å². The molecule has 64 valence electrons. The standard InChI is InChI=1S/C12H16/c1-2-10-7-5-8-11-6-3-4-9-12(10)11/h2,4,8-10,12H,1,3,5-7H2/t10-,12-/m1/s1. The lowest BCUT2D eigenvalue weighted by Gasteiger charge is -2.30. The van der Waals surface area contributed by atoms with E-state index in [2.05, 4.69) is 30.9 Å². The molecule has 0 saturated heterocycles. The van der Waals surface area contributed by atoms with Gasteiger partial charge in [-0.1, -0.05) is 29.9 Å². The monoisotopic (exact) mass is 160 g/mol. The van der Waals surface area contributed by atoms with Crippen LogP contribution >= 0.6 is 0 Å². The Morgan fingerprint density at radius 3 is 3.17 bits per heavy atom. The molecule has 0 heterocycles. The molecule has 0 aromatic rings. The van der Waals surface area contributed by atoms with E-state index >= 15 is 0 Å². The number of hydrogen-bond donors (Lipinski definition) is 0. The van der Waals surface area contributed by atoms with Crippen molar-refractivity contribution >= 4 is 0 Å².